The van der Waals surface area contributed by atoms with Gasteiger partial charge in [-0.05, 0) is 79.2 Å². The van der Waals surface area contributed by atoms with Crippen molar-refractivity contribution in [1.82, 2.24) is 39.7 Å². The van der Waals surface area contributed by atoms with E-state index in [1.165, 1.54) is 6.92 Å². The van der Waals surface area contributed by atoms with Gasteiger partial charge in [-0.3, -0.25) is 38.8 Å². The fourth-order valence-corrected chi connectivity index (χ4v) is 10.7. The van der Waals surface area contributed by atoms with Crippen molar-refractivity contribution in [3.63, 3.8) is 0 Å². The third-order valence-corrected chi connectivity index (χ3v) is 14.9. The molecule has 4 N–H and O–H groups in total. The summed E-state index contributed by atoms with van der Waals surface area (Å²) in [5.74, 6) is -0.208. The Morgan fingerprint density at radius 1 is 0.850 bits per heavy atom. The Hall–Kier alpha value is -6.81. The minimum absolute atomic E-state index is 0.0150. The zero-order valence-electron chi connectivity index (χ0n) is 45.7. The number of benzene rings is 2. The first-order valence-corrected chi connectivity index (χ1v) is 27.8. The summed E-state index contributed by atoms with van der Waals surface area (Å²) in [5.41, 5.74) is 6.46. The SMILES string of the molecule is CC(=O)Nc1cc(NCCOCCOCCOCCOCCOCCNC(=O)CN2CCC(n3nc(N4CCCc5cc(-c6cnn(C)c6)c(C(F)F)cc54)c4c3CCN(C(C)=O)C4)CC2)ccc1C(=O)Nc1nc(C)c(N=O)s1. The fraction of sp³-hybridized carbons (Fsp3) is 0.537. The highest BCUT2D eigenvalue weighted by molar-refractivity contribution is 7.19. The molecule has 4 amide bonds. The normalized spacial score (nSPS) is 14.7. The molecule has 0 radical (unpaired) electrons. The Morgan fingerprint density at radius 3 is 2.16 bits per heavy atom. The van der Waals surface area contributed by atoms with Crippen LogP contribution in [0.3, 0.4) is 0 Å². The standard InChI is InChI=1S/C54H71F2N13O10S/c1-35-53(64-74)80-54(60-35)62-52(73)42-8-7-40(29-46(42)61-36(2)70)57-12-18-75-20-22-77-24-26-79-27-25-78-23-21-76-19-13-58-49(72)34-66-15-9-41(10-16-66)69-47-11-17-67(37(3)71)33-45(47)51(63-69)68-14-5-6-38-28-43(39-31-59-65(4)32-39)44(50(55)56)30-48(38)68/h7-8,28-32,41,50,57H,5-6,9-27,33-34H2,1-4H3,(H,58,72)(H,61,70)(H,60,62,73). The number of thiazole rings is 1. The maximum atomic E-state index is 14.7. The van der Waals surface area contributed by atoms with Gasteiger partial charge in [-0.2, -0.15) is 10.2 Å². The minimum atomic E-state index is -2.69. The number of piperidine rings is 1. The molecule has 0 aliphatic carbocycles. The van der Waals surface area contributed by atoms with E-state index in [-0.39, 0.29) is 51.6 Å². The Balaban J connectivity index is 0.655. The summed E-state index contributed by atoms with van der Waals surface area (Å²) < 4.78 is 61.2. The van der Waals surface area contributed by atoms with Gasteiger partial charge >= 0.3 is 0 Å². The van der Waals surface area contributed by atoms with E-state index >= 15 is 0 Å². The number of aromatic nitrogens is 5. The quantitative estimate of drug-likeness (QED) is 0.0293. The molecule has 0 atom stereocenters. The van der Waals surface area contributed by atoms with Crippen molar-refractivity contribution in [2.45, 2.75) is 71.9 Å². The highest BCUT2D eigenvalue weighted by Crippen LogP contribution is 2.44. The lowest BCUT2D eigenvalue weighted by Gasteiger charge is -2.33. The number of anilines is 5. The van der Waals surface area contributed by atoms with Crippen LogP contribution in [0.4, 0.5) is 41.8 Å². The van der Waals surface area contributed by atoms with Crippen LogP contribution in [0.1, 0.15) is 84.0 Å². The summed E-state index contributed by atoms with van der Waals surface area (Å²) in [6.07, 6.45) is 4.48. The number of nitrogens with zero attached hydrogens (tertiary/aromatic N) is 9. The average molecular weight is 1130 g/mol. The number of amides is 4. The Bertz CT molecular complexity index is 2930. The zero-order chi connectivity index (χ0) is 56.5. The molecule has 1 saturated heterocycles. The van der Waals surface area contributed by atoms with Crippen LogP contribution in [0.15, 0.2) is 47.9 Å². The molecule has 0 unspecified atom stereocenters. The molecule has 2 aromatic carbocycles. The summed E-state index contributed by atoms with van der Waals surface area (Å²) in [4.78, 5) is 71.5. The van der Waals surface area contributed by atoms with Crippen LogP contribution in [0, 0.1) is 11.8 Å². The van der Waals surface area contributed by atoms with Crippen molar-refractivity contribution in [3.05, 3.63) is 81.3 Å². The second-order valence-electron chi connectivity index (χ2n) is 19.7. The van der Waals surface area contributed by atoms with E-state index in [4.69, 9.17) is 28.8 Å². The van der Waals surface area contributed by atoms with Crippen molar-refractivity contribution in [2.75, 3.05) is 133 Å². The number of hydrogen-bond acceptors (Lipinski definition) is 18. The molecular weight excluding hydrogens is 1060 g/mol. The Labute approximate surface area is 466 Å². The lowest BCUT2D eigenvalue weighted by atomic mass is 9.92. The van der Waals surface area contributed by atoms with Gasteiger partial charge in [0.05, 0.1) is 108 Å². The molecule has 5 aromatic rings. The molecule has 6 heterocycles. The van der Waals surface area contributed by atoms with Crippen LogP contribution in [-0.4, -0.2) is 170 Å². The molecule has 0 spiro atoms. The lowest BCUT2D eigenvalue weighted by molar-refractivity contribution is -0.129. The number of nitrogens with one attached hydrogen (secondary N) is 4. The van der Waals surface area contributed by atoms with Gasteiger partial charge in [0, 0.05) is 107 Å². The number of alkyl halides is 2. The maximum absolute atomic E-state index is 14.7. The van der Waals surface area contributed by atoms with Gasteiger partial charge in [-0.25, -0.2) is 13.8 Å². The fourth-order valence-electron chi connectivity index (χ4n) is 10.0. The molecule has 3 aliphatic rings. The molecule has 432 valence electrons. The highest BCUT2D eigenvalue weighted by atomic mass is 32.1. The van der Waals surface area contributed by atoms with E-state index in [9.17, 15) is 32.9 Å². The predicted octanol–water partition coefficient (Wildman–Crippen LogP) is 6.53. The molecule has 80 heavy (non-hydrogen) atoms. The zero-order valence-corrected chi connectivity index (χ0v) is 46.5. The number of carbonyl (C=O) groups excluding carboxylic acids is 4. The number of rotatable bonds is 29. The Morgan fingerprint density at radius 2 is 1.54 bits per heavy atom. The first-order valence-electron chi connectivity index (χ1n) is 27.0. The minimum Gasteiger partial charge on any atom is -0.383 e. The average Bonchev–Trinajstić information content (AvgIpc) is 4.19. The summed E-state index contributed by atoms with van der Waals surface area (Å²) in [6.45, 7) is 12.6. The number of likely N-dealkylation sites (tertiary alicyclic amines) is 1. The second-order valence-corrected chi connectivity index (χ2v) is 20.6. The topological polar surface area (TPSA) is 250 Å². The van der Waals surface area contributed by atoms with Crippen molar-refractivity contribution < 1.29 is 51.6 Å². The van der Waals surface area contributed by atoms with Gasteiger partial charge in [0.1, 0.15) is 0 Å². The molecule has 0 saturated carbocycles. The van der Waals surface area contributed by atoms with Crippen LogP contribution < -0.4 is 26.2 Å². The monoisotopic (exact) mass is 1130 g/mol. The largest absolute Gasteiger partial charge is 0.383 e. The number of carbonyl (C=O) groups is 4. The van der Waals surface area contributed by atoms with E-state index in [1.807, 2.05) is 11.0 Å². The third kappa shape index (κ3) is 16.0. The van der Waals surface area contributed by atoms with E-state index < -0.39 is 12.3 Å². The third-order valence-electron chi connectivity index (χ3n) is 13.9. The molecule has 3 aliphatic heterocycles. The summed E-state index contributed by atoms with van der Waals surface area (Å²) >= 11 is 0.960. The number of halogens is 2. The van der Waals surface area contributed by atoms with Crippen LogP contribution in [0.2, 0.25) is 0 Å². The van der Waals surface area contributed by atoms with Crippen LogP contribution >= 0.6 is 11.3 Å². The van der Waals surface area contributed by atoms with E-state index in [0.29, 0.717) is 146 Å². The molecule has 26 heteroatoms. The molecule has 3 aromatic heterocycles. The predicted molar refractivity (Wildman–Crippen MR) is 297 cm³/mol. The van der Waals surface area contributed by atoms with Gasteiger partial charge in [0.25, 0.3) is 12.3 Å². The first-order chi connectivity index (χ1) is 38.8. The summed E-state index contributed by atoms with van der Waals surface area (Å²) in [7, 11) is 1.77. The number of ether oxygens (including phenoxy) is 5. The second kappa shape index (κ2) is 29.1. The van der Waals surface area contributed by atoms with Gasteiger partial charge in [-0.1, -0.05) is 11.3 Å². The van der Waals surface area contributed by atoms with E-state index in [1.54, 1.807) is 62.2 Å². The molecule has 1 fully saturated rings. The van der Waals surface area contributed by atoms with Gasteiger partial charge in [0.15, 0.2) is 16.0 Å². The molecular formula is C54H71F2N13O10S. The lowest BCUT2D eigenvalue weighted by Crippen LogP contribution is -2.43. The number of aryl methyl sites for hydroxylation is 3. The Kier molecular flexibility index (Phi) is 21.6. The number of fused-ring (bicyclic) bond motifs is 2. The molecule has 0 bridgehead atoms. The number of nitroso groups, excluding NO2 is 1. The van der Waals surface area contributed by atoms with E-state index in [0.717, 1.165) is 65.3 Å². The summed E-state index contributed by atoms with van der Waals surface area (Å²) in [5, 5.41) is 24.3. The van der Waals surface area contributed by atoms with Crippen molar-refractivity contribution in [2.24, 2.45) is 12.2 Å². The number of hydrogen-bond donors (Lipinski definition) is 4. The van der Waals surface area contributed by atoms with Crippen molar-refractivity contribution in [3.8, 4) is 11.1 Å². The van der Waals surface area contributed by atoms with Crippen molar-refractivity contribution >= 4 is 68.0 Å². The van der Waals surface area contributed by atoms with Gasteiger partial charge < -0.3 is 49.4 Å². The van der Waals surface area contributed by atoms with Crippen LogP contribution in [0.5, 0.6) is 0 Å². The van der Waals surface area contributed by atoms with Crippen LogP contribution in [0.25, 0.3) is 11.1 Å². The van der Waals surface area contributed by atoms with Gasteiger partial charge in [0.2, 0.25) is 17.7 Å². The maximum Gasteiger partial charge on any atom is 0.264 e. The van der Waals surface area contributed by atoms with Gasteiger partial charge in [-0.15, -0.1) is 4.91 Å². The molecule has 8 rings (SSSR count). The highest BCUT2D eigenvalue weighted by Gasteiger charge is 2.35. The summed E-state index contributed by atoms with van der Waals surface area (Å²) in [6, 6.07) is 8.53. The molecule has 23 nitrogen and oxygen atoms in total. The van der Waals surface area contributed by atoms with Crippen molar-refractivity contribution in [1.29, 1.82) is 0 Å². The first kappa shape index (κ1) is 59.3. The smallest absolute Gasteiger partial charge is 0.264 e. The van der Waals surface area contributed by atoms with E-state index in [2.05, 4.69) is 51.0 Å². The van der Waals surface area contributed by atoms with Crippen LogP contribution in [-0.2, 0) is 64.5 Å².